The van der Waals surface area contributed by atoms with Crippen molar-refractivity contribution >= 4 is 33.2 Å². The highest BCUT2D eigenvalue weighted by molar-refractivity contribution is 7.92. The van der Waals surface area contributed by atoms with Crippen LogP contribution in [0.2, 0.25) is 0 Å². The molecular weight excluding hydrogens is 586 g/mol. The molecule has 1 aliphatic carbocycles. The summed E-state index contributed by atoms with van der Waals surface area (Å²) in [5, 5.41) is 9.86. The van der Waals surface area contributed by atoms with Crippen molar-refractivity contribution in [1.29, 1.82) is 0 Å². The van der Waals surface area contributed by atoms with Gasteiger partial charge in [-0.1, -0.05) is 48.5 Å². The summed E-state index contributed by atoms with van der Waals surface area (Å²) in [4.78, 5) is 28.1. The normalized spacial score (nSPS) is 19.2. The quantitative estimate of drug-likeness (QED) is 0.264. The number of thiophene rings is 1. The minimum Gasteiger partial charge on any atom is -0.497 e. The predicted molar refractivity (Wildman–Crippen MR) is 165 cm³/mol. The first-order valence-corrected chi connectivity index (χ1v) is 16.5. The van der Waals surface area contributed by atoms with Crippen LogP contribution >= 0.6 is 11.3 Å². The van der Waals surface area contributed by atoms with Crippen molar-refractivity contribution in [3.8, 4) is 27.3 Å². The van der Waals surface area contributed by atoms with Gasteiger partial charge in [-0.05, 0) is 70.6 Å². The SMILES string of the molecule is COc1ccc(-c2ccc(C3(CC(=O)O)CCN(C(=O)OCC4c5ccccc5-c5ccccc54)CCS3(=O)=O)s2)cc1. The van der Waals surface area contributed by atoms with Crippen LogP contribution in [0.25, 0.3) is 21.6 Å². The third kappa shape index (κ3) is 5.29. The van der Waals surface area contributed by atoms with Crippen molar-refractivity contribution in [2.24, 2.45) is 0 Å². The maximum atomic E-state index is 13.8. The van der Waals surface area contributed by atoms with Crippen molar-refractivity contribution in [1.82, 2.24) is 4.90 Å². The van der Waals surface area contributed by atoms with Gasteiger partial charge >= 0.3 is 12.1 Å². The molecule has 222 valence electrons. The third-order valence-electron chi connectivity index (χ3n) is 8.47. The van der Waals surface area contributed by atoms with Gasteiger partial charge in [-0.25, -0.2) is 13.2 Å². The lowest BCUT2D eigenvalue weighted by atomic mass is 9.97. The second kappa shape index (κ2) is 11.5. The number of hydrogen-bond donors (Lipinski definition) is 1. The molecule has 0 spiro atoms. The van der Waals surface area contributed by atoms with Gasteiger partial charge in [0.05, 0.1) is 19.3 Å². The van der Waals surface area contributed by atoms with Crippen LogP contribution < -0.4 is 4.74 Å². The van der Waals surface area contributed by atoms with E-state index in [1.54, 1.807) is 13.2 Å². The highest BCUT2D eigenvalue weighted by Gasteiger charge is 2.50. The average molecular weight is 618 g/mol. The predicted octanol–water partition coefficient (Wildman–Crippen LogP) is 6.16. The molecule has 1 atom stereocenters. The van der Waals surface area contributed by atoms with E-state index >= 15 is 0 Å². The lowest BCUT2D eigenvalue weighted by Gasteiger charge is -2.29. The van der Waals surface area contributed by atoms with Gasteiger partial charge in [0.1, 0.15) is 17.1 Å². The van der Waals surface area contributed by atoms with Crippen molar-refractivity contribution in [3.63, 3.8) is 0 Å². The van der Waals surface area contributed by atoms with E-state index in [2.05, 4.69) is 12.1 Å². The van der Waals surface area contributed by atoms with Crippen molar-refractivity contribution in [3.05, 3.63) is 101 Å². The van der Waals surface area contributed by atoms with Crippen LogP contribution in [0, 0.1) is 0 Å². The van der Waals surface area contributed by atoms with Gasteiger partial charge < -0.3 is 19.5 Å². The molecule has 0 radical (unpaired) electrons. The van der Waals surface area contributed by atoms with Crippen molar-refractivity contribution in [2.75, 3.05) is 32.6 Å². The second-order valence-corrected chi connectivity index (χ2v) is 14.3. The van der Waals surface area contributed by atoms with Gasteiger partial charge in [-0.3, -0.25) is 4.79 Å². The fourth-order valence-corrected chi connectivity index (χ4v) is 9.78. The Morgan fingerprint density at radius 2 is 1.58 bits per heavy atom. The number of methoxy groups -OCH3 is 1. The molecule has 3 aromatic carbocycles. The number of rotatable bonds is 7. The maximum absolute atomic E-state index is 13.8. The first kappa shape index (κ1) is 28.9. The first-order valence-electron chi connectivity index (χ1n) is 14.0. The summed E-state index contributed by atoms with van der Waals surface area (Å²) < 4.78 is 37.1. The number of nitrogens with zero attached hydrogens (tertiary/aromatic N) is 1. The molecule has 4 aromatic rings. The van der Waals surface area contributed by atoms with Crippen LogP contribution in [0.15, 0.2) is 84.9 Å². The Hall–Kier alpha value is -4.15. The molecule has 6 rings (SSSR count). The minimum atomic E-state index is -3.97. The highest BCUT2D eigenvalue weighted by Crippen LogP contribution is 2.46. The molecule has 0 saturated carbocycles. The lowest BCUT2D eigenvalue weighted by molar-refractivity contribution is -0.137. The largest absolute Gasteiger partial charge is 0.497 e. The van der Waals surface area contributed by atoms with Crippen LogP contribution in [-0.4, -0.2) is 63.0 Å². The summed E-state index contributed by atoms with van der Waals surface area (Å²) in [7, 11) is -2.39. The topological polar surface area (TPSA) is 110 Å². The van der Waals surface area contributed by atoms with E-state index < -0.39 is 33.1 Å². The zero-order valence-corrected chi connectivity index (χ0v) is 25.2. The number of carboxylic acid groups (broad SMARTS) is 1. The van der Waals surface area contributed by atoms with Gasteiger partial charge in [0.2, 0.25) is 0 Å². The number of fused-ring (bicyclic) bond motifs is 3. The fraction of sp³-hybridized carbons (Fsp3) is 0.273. The summed E-state index contributed by atoms with van der Waals surface area (Å²) in [5.41, 5.74) is 5.27. The molecule has 43 heavy (non-hydrogen) atoms. The number of carbonyl (C=O) groups is 2. The Bertz CT molecular complexity index is 1740. The van der Waals surface area contributed by atoms with Crippen molar-refractivity contribution < 1.29 is 32.6 Å². The number of hydrogen-bond acceptors (Lipinski definition) is 7. The molecular formula is C33H31NO7S2. The van der Waals surface area contributed by atoms with Crippen molar-refractivity contribution in [2.45, 2.75) is 23.5 Å². The molecule has 2 heterocycles. The number of carbonyl (C=O) groups excluding carboxylic acids is 1. The molecule has 8 nitrogen and oxygen atoms in total. The van der Waals surface area contributed by atoms with E-state index in [-0.39, 0.29) is 37.8 Å². The summed E-state index contributed by atoms with van der Waals surface area (Å²) in [6.45, 7) is 0.0998. The number of sulfone groups is 1. The number of carboxylic acids is 1. The number of benzene rings is 3. The van der Waals surface area contributed by atoms with Crippen LogP contribution in [0.3, 0.4) is 0 Å². The summed E-state index contributed by atoms with van der Waals surface area (Å²) in [5.74, 6) is -0.999. The Labute approximate surface area is 254 Å². The van der Waals surface area contributed by atoms with Gasteiger partial charge in [0, 0.05) is 28.8 Å². The van der Waals surface area contributed by atoms with Gasteiger partial charge in [0.25, 0.3) is 0 Å². The zero-order chi connectivity index (χ0) is 30.2. The second-order valence-electron chi connectivity index (χ2n) is 10.8. The van der Waals surface area contributed by atoms with E-state index in [4.69, 9.17) is 9.47 Å². The molecule has 1 saturated heterocycles. The fourth-order valence-electron chi connectivity index (χ4n) is 6.18. The standard InChI is InChI=1S/C33H31NO7S2/c1-40-23-12-10-22(11-13-23)29-14-15-30(42-29)33(20-31(35)36)16-17-34(18-19-43(33,38)39)32(37)41-21-28-26-8-4-2-6-24(26)25-7-3-5-9-27(25)28/h2-15,28H,16-21H2,1H3,(H,35,36). The lowest BCUT2D eigenvalue weighted by Crippen LogP contribution is -2.39. The van der Waals surface area contributed by atoms with Crippen LogP contribution in [0.5, 0.6) is 5.75 Å². The minimum absolute atomic E-state index is 0.0472. The Morgan fingerprint density at radius 1 is 0.930 bits per heavy atom. The van der Waals surface area contributed by atoms with Crippen LogP contribution in [0.1, 0.15) is 34.8 Å². The van der Waals surface area contributed by atoms with Gasteiger partial charge in [-0.15, -0.1) is 11.3 Å². The zero-order valence-electron chi connectivity index (χ0n) is 23.6. The molecule has 1 aromatic heterocycles. The smallest absolute Gasteiger partial charge is 0.409 e. The number of aliphatic carboxylic acids is 1. The molecule has 1 unspecified atom stereocenters. The molecule has 1 aliphatic heterocycles. The van der Waals surface area contributed by atoms with Gasteiger partial charge in [-0.2, -0.15) is 0 Å². The van der Waals surface area contributed by atoms with Gasteiger partial charge in [0.15, 0.2) is 9.84 Å². The Kier molecular flexibility index (Phi) is 7.74. The summed E-state index contributed by atoms with van der Waals surface area (Å²) in [6, 6.07) is 27.0. The summed E-state index contributed by atoms with van der Waals surface area (Å²) in [6.07, 6.45) is -1.24. The Morgan fingerprint density at radius 3 is 2.21 bits per heavy atom. The molecule has 2 aliphatic rings. The van der Waals surface area contributed by atoms with E-state index in [1.165, 1.54) is 16.2 Å². The Balaban J connectivity index is 1.22. The maximum Gasteiger partial charge on any atom is 0.409 e. The van der Waals surface area contributed by atoms with E-state index in [1.807, 2.05) is 66.7 Å². The highest BCUT2D eigenvalue weighted by atomic mass is 32.2. The van der Waals surface area contributed by atoms with Crippen LogP contribution in [0.4, 0.5) is 4.79 Å². The summed E-state index contributed by atoms with van der Waals surface area (Å²) >= 11 is 1.26. The monoisotopic (exact) mass is 617 g/mol. The van der Waals surface area contributed by atoms with E-state index in [0.717, 1.165) is 32.7 Å². The molecule has 1 N–H and O–H groups in total. The van der Waals surface area contributed by atoms with Crippen LogP contribution in [-0.2, 0) is 24.1 Å². The van der Waals surface area contributed by atoms with E-state index in [9.17, 15) is 23.1 Å². The average Bonchev–Trinajstić information content (AvgIpc) is 3.59. The molecule has 10 heteroatoms. The number of ether oxygens (including phenoxy) is 2. The van der Waals surface area contributed by atoms with E-state index in [0.29, 0.717) is 10.6 Å². The molecule has 1 amide bonds. The molecule has 0 bridgehead atoms. The number of amides is 1. The first-order chi connectivity index (χ1) is 20.7. The molecule has 1 fully saturated rings. The third-order valence-corrected chi connectivity index (χ3v) is 12.4.